The maximum atomic E-state index is 12.4. The topological polar surface area (TPSA) is 77.2 Å². The Balaban J connectivity index is 1.69. The van der Waals surface area contributed by atoms with Crippen molar-refractivity contribution in [1.82, 2.24) is 10.1 Å². The quantitative estimate of drug-likeness (QED) is 0.766. The second-order valence-corrected chi connectivity index (χ2v) is 5.79. The Morgan fingerprint density at radius 2 is 2.04 bits per heavy atom. The molecular formula is C19H19N3O3. The summed E-state index contributed by atoms with van der Waals surface area (Å²) in [5.41, 5.74) is 3.25. The summed E-state index contributed by atoms with van der Waals surface area (Å²) in [7, 11) is 0. The lowest BCUT2D eigenvalue weighted by Crippen LogP contribution is -2.13. The summed E-state index contributed by atoms with van der Waals surface area (Å²) in [5, 5.41) is 6.69. The second kappa shape index (κ2) is 7.17. The van der Waals surface area contributed by atoms with Crippen molar-refractivity contribution in [2.75, 3.05) is 5.32 Å². The van der Waals surface area contributed by atoms with Gasteiger partial charge in [0.2, 0.25) is 0 Å². The third kappa shape index (κ3) is 4.03. The number of benzene rings is 1. The first kappa shape index (κ1) is 16.7. The third-order valence-corrected chi connectivity index (χ3v) is 3.82. The number of nitrogens with zero attached hydrogens (tertiary/aromatic N) is 2. The first-order valence-electron chi connectivity index (χ1n) is 7.91. The van der Waals surface area contributed by atoms with Gasteiger partial charge in [-0.05, 0) is 56.7 Å². The molecule has 6 heteroatoms. The highest BCUT2D eigenvalue weighted by atomic mass is 16.5. The first-order valence-corrected chi connectivity index (χ1v) is 7.91. The number of amides is 1. The molecule has 0 saturated heterocycles. The van der Waals surface area contributed by atoms with E-state index in [-0.39, 0.29) is 5.91 Å². The molecule has 0 bridgehead atoms. The lowest BCUT2D eigenvalue weighted by atomic mass is 10.2. The number of hydrogen-bond donors (Lipinski definition) is 1. The summed E-state index contributed by atoms with van der Waals surface area (Å²) in [6, 6.07) is 10.7. The number of carbonyl (C=O) groups is 1. The molecule has 3 rings (SSSR count). The highest BCUT2D eigenvalue weighted by Crippen LogP contribution is 2.19. The van der Waals surface area contributed by atoms with Crippen molar-refractivity contribution >= 4 is 11.7 Å². The molecule has 0 unspecified atom stereocenters. The number of anilines is 1. The zero-order valence-corrected chi connectivity index (χ0v) is 14.4. The van der Waals surface area contributed by atoms with E-state index in [9.17, 15) is 4.79 Å². The number of rotatable bonds is 5. The SMILES string of the molecule is Cc1ccnc(NC(=O)c2cccc(OCc3c(C)noc3C)c2)c1. The summed E-state index contributed by atoms with van der Waals surface area (Å²) in [6.45, 7) is 6.00. The van der Waals surface area contributed by atoms with Crippen LogP contribution in [0.5, 0.6) is 5.75 Å². The van der Waals surface area contributed by atoms with Crippen LogP contribution in [0.15, 0.2) is 47.1 Å². The Morgan fingerprint density at radius 1 is 1.20 bits per heavy atom. The minimum Gasteiger partial charge on any atom is -0.489 e. The van der Waals surface area contributed by atoms with Crippen LogP contribution in [-0.4, -0.2) is 16.0 Å². The van der Waals surface area contributed by atoms with Crippen LogP contribution >= 0.6 is 0 Å². The molecule has 3 aromatic rings. The van der Waals surface area contributed by atoms with Crippen molar-refractivity contribution in [1.29, 1.82) is 0 Å². The van der Waals surface area contributed by atoms with Gasteiger partial charge in [0.05, 0.1) is 11.3 Å². The van der Waals surface area contributed by atoms with Gasteiger partial charge in [-0.1, -0.05) is 11.2 Å². The lowest BCUT2D eigenvalue weighted by molar-refractivity contribution is 0.102. The molecule has 0 aliphatic carbocycles. The molecule has 0 fully saturated rings. The molecule has 25 heavy (non-hydrogen) atoms. The van der Waals surface area contributed by atoms with E-state index < -0.39 is 0 Å². The van der Waals surface area contributed by atoms with E-state index in [4.69, 9.17) is 9.26 Å². The Hall–Kier alpha value is -3.15. The van der Waals surface area contributed by atoms with Gasteiger partial charge in [-0.3, -0.25) is 4.79 Å². The molecule has 0 aliphatic heterocycles. The van der Waals surface area contributed by atoms with Crippen LogP contribution in [0, 0.1) is 20.8 Å². The van der Waals surface area contributed by atoms with Crippen LogP contribution in [0.1, 0.15) is 32.9 Å². The Kier molecular flexibility index (Phi) is 4.79. The highest BCUT2D eigenvalue weighted by molar-refractivity contribution is 6.04. The predicted molar refractivity (Wildman–Crippen MR) is 93.7 cm³/mol. The molecule has 0 aliphatic rings. The van der Waals surface area contributed by atoms with E-state index in [1.807, 2.05) is 32.9 Å². The number of hydrogen-bond acceptors (Lipinski definition) is 5. The number of aryl methyl sites for hydroxylation is 3. The Bertz CT molecular complexity index is 883. The van der Waals surface area contributed by atoms with Crippen LogP contribution < -0.4 is 10.1 Å². The average Bonchev–Trinajstić information content (AvgIpc) is 2.91. The molecular weight excluding hydrogens is 318 g/mol. The first-order chi connectivity index (χ1) is 12.0. The number of aromatic nitrogens is 2. The summed E-state index contributed by atoms with van der Waals surface area (Å²) < 4.78 is 10.9. The standard InChI is InChI=1S/C19H19N3O3/c1-12-7-8-20-18(9-12)21-19(23)15-5-4-6-16(10-15)24-11-17-13(2)22-25-14(17)3/h4-10H,11H2,1-3H3,(H,20,21,23). The minimum atomic E-state index is -0.235. The van der Waals surface area contributed by atoms with E-state index in [0.717, 1.165) is 22.6 Å². The van der Waals surface area contributed by atoms with Crippen molar-refractivity contribution in [3.8, 4) is 5.75 Å². The van der Waals surface area contributed by atoms with E-state index in [1.165, 1.54) is 0 Å². The van der Waals surface area contributed by atoms with Gasteiger partial charge in [-0.25, -0.2) is 4.98 Å². The van der Waals surface area contributed by atoms with Crippen LogP contribution in [0.25, 0.3) is 0 Å². The molecule has 6 nitrogen and oxygen atoms in total. The Labute approximate surface area is 145 Å². The van der Waals surface area contributed by atoms with E-state index in [1.54, 1.807) is 30.5 Å². The molecule has 2 aromatic heterocycles. The molecule has 2 heterocycles. The molecule has 0 spiro atoms. The smallest absolute Gasteiger partial charge is 0.256 e. The van der Waals surface area contributed by atoms with Crippen molar-refractivity contribution in [2.45, 2.75) is 27.4 Å². The van der Waals surface area contributed by atoms with Crippen LogP contribution in [0.3, 0.4) is 0 Å². The normalized spacial score (nSPS) is 10.5. The van der Waals surface area contributed by atoms with Gasteiger partial charge in [0.25, 0.3) is 5.91 Å². The van der Waals surface area contributed by atoms with Gasteiger partial charge < -0.3 is 14.6 Å². The molecule has 1 amide bonds. The number of nitrogens with one attached hydrogen (secondary N) is 1. The van der Waals surface area contributed by atoms with Gasteiger partial charge in [0.1, 0.15) is 23.9 Å². The molecule has 1 N–H and O–H groups in total. The van der Waals surface area contributed by atoms with Gasteiger partial charge in [0, 0.05) is 11.8 Å². The Morgan fingerprint density at radius 3 is 2.76 bits per heavy atom. The van der Waals surface area contributed by atoms with Gasteiger partial charge in [-0.2, -0.15) is 0 Å². The zero-order chi connectivity index (χ0) is 17.8. The monoisotopic (exact) mass is 337 g/mol. The van der Waals surface area contributed by atoms with Crippen molar-refractivity contribution in [3.05, 3.63) is 70.7 Å². The largest absolute Gasteiger partial charge is 0.489 e. The number of carbonyl (C=O) groups excluding carboxylic acids is 1. The van der Waals surface area contributed by atoms with Gasteiger partial charge in [-0.15, -0.1) is 0 Å². The van der Waals surface area contributed by atoms with Crippen molar-refractivity contribution in [3.63, 3.8) is 0 Å². The fourth-order valence-electron chi connectivity index (χ4n) is 2.38. The second-order valence-electron chi connectivity index (χ2n) is 5.79. The molecule has 0 radical (unpaired) electrons. The maximum Gasteiger partial charge on any atom is 0.256 e. The van der Waals surface area contributed by atoms with E-state index in [2.05, 4.69) is 15.5 Å². The van der Waals surface area contributed by atoms with Crippen molar-refractivity contribution < 1.29 is 14.1 Å². The van der Waals surface area contributed by atoms with Gasteiger partial charge in [0.15, 0.2) is 0 Å². The lowest BCUT2D eigenvalue weighted by Gasteiger charge is -2.09. The molecule has 128 valence electrons. The summed E-state index contributed by atoms with van der Waals surface area (Å²) in [4.78, 5) is 16.5. The summed E-state index contributed by atoms with van der Waals surface area (Å²) >= 11 is 0. The maximum absolute atomic E-state index is 12.4. The number of ether oxygens (including phenoxy) is 1. The molecule has 1 aromatic carbocycles. The highest BCUT2D eigenvalue weighted by Gasteiger charge is 2.11. The number of pyridine rings is 1. The molecule has 0 atom stereocenters. The summed E-state index contributed by atoms with van der Waals surface area (Å²) in [6.07, 6.45) is 1.66. The average molecular weight is 337 g/mol. The van der Waals surface area contributed by atoms with E-state index >= 15 is 0 Å². The predicted octanol–water partition coefficient (Wildman–Crippen LogP) is 3.83. The fourth-order valence-corrected chi connectivity index (χ4v) is 2.38. The summed E-state index contributed by atoms with van der Waals surface area (Å²) in [5.74, 6) is 1.62. The fraction of sp³-hybridized carbons (Fsp3) is 0.211. The van der Waals surface area contributed by atoms with Crippen LogP contribution in [0.4, 0.5) is 5.82 Å². The molecule has 0 saturated carbocycles. The zero-order valence-electron chi connectivity index (χ0n) is 14.4. The van der Waals surface area contributed by atoms with Crippen LogP contribution in [0.2, 0.25) is 0 Å². The van der Waals surface area contributed by atoms with E-state index in [0.29, 0.717) is 23.7 Å². The van der Waals surface area contributed by atoms with Crippen molar-refractivity contribution in [2.24, 2.45) is 0 Å². The minimum absolute atomic E-state index is 0.235. The van der Waals surface area contributed by atoms with Crippen LogP contribution in [-0.2, 0) is 6.61 Å². The van der Waals surface area contributed by atoms with Gasteiger partial charge >= 0.3 is 0 Å². The third-order valence-electron chi connectivity index (χ3n) is 3.82.